The summed E-state index contributed by atoms with van der Waals surface area (Å²) in [6, 6.07) is 16.6. The van der Waals surface area contributed by atoms with Crippen molar-refractivity contribution in [1.82, 2.24) is 0 Å². The number of sulfonamides is 1. The summed E-state index contributed by atoms with van der Waals surface area (Å²) in [5.74, 6) is -0.377. The van der Waals surface area contributed by atoms with Crippen molar-refractivity contribution in [3.8, 4) is 5.75 Å². The predicted octanol–water partition coefficient (Wildman–Crippen LogP) is 4.76. The van der Waals surface area contributed by atoms with Gasteiger partial charge in [0.1, 0.15) is 17.7 Å². The van der Waals surface area contributed by atoms with Crippen LogP contribution in [-0.4, -0.2) is 20.4 Å². The fourth-order valence-electron chi connectivity index (χ4n) is 3.45. The number of fused-ring (bicyclic) bond motifs is 1. The van der Waals surface area contributed by atoms with E-state index in [9.17, 15) is 17.6 Å². The SMILES string of the molecule is C[C@@H]1c2cccc(C(=O)Nc3cccc(S(=O)(=O)Nc4ccccc4F)c3)c2O[C@@H]1C. The van der Waals surface area contributed by atoms with Crippen LogP contribution in [-0.2, 0) is 10.0 Å². The van der Waals surface area contributed by atoms with Crippen LogP contribution < -0.4 is 14.8 Å². The summed E-state index contributed by atoms with van der Waals surface area (Å²) in [5.41, 5.74) is 1.48. The molecule has 2 N–H and O–H groups in total. The van der Waals surface area contributed by atoms with Crippen molar-refractivity contribution in [2.24, 2.45) is 0 Å². The highest BCUT2D eigenvalue weighted by molar-refractivity contribution is 7.92. The van der Waals surface area contributed by atoms with Gasteiger partial charge in [-0.25, -0.2) is 12.8 Å². The quantitative estimate of drug-likeness (QED) is 0.599. The third kappa shape index (κ3) is 4.11. The zero-order chi connectivity index (χ0) is 22.2. The van der Waals surface area contributed by atoms with Gasteiger partial charge in [0.05, 0.1) is 16.1 Å². The largest absolute Gasteiger partial charge is 0.489 e. The summed E-state index contributed by atoms with van der Waals surface area (Å²) < 4.78 is 47.3. The Morgan fingerprint density at radius 3 is 2.52 bits per heavy atom. The third-order valence-corrected chi connectivity index (χ3v) is 6.67. The van der Waals surface area contributed by atoms with Gasteiger partial charge < -0.3 is 10.1 Å². The van der Waals surface area contributed by atoms with Crippen molar-refractivity contribution in [1.29, 1.82) is 0 Å². The van der Waals surface area contributed by atoms with Crippen molar-refractivity contribution >= 4 is 27.3 Å². The first-order chi connectivity index (χ1) is 14.8. The number of hydrogen-bond acceptors (Lipinski definition) is 4. The van der Waals surface area contributed by atoms with Crippen LogP contribution in [0, 0.1) is 5.82 Å². The molecule has 0 unspecified atom stereocenters. The lowest BCUT2D eigenvalue weighted by atomic mass is 9.97. The Morgan fingerprint density at radius 1 is 1.00 bits per heavy atom. The van der Waals surface area contributed by atoms with E-state index in [2.05, 4.69) is 10.0 Å². The standard InChI is InChI=1S/C23H21FN2O4S/c1-14-15(2)30-22-18(14)9-6-10-19(22)23(27)25-16-7-5-8-17(13-16)31(28,29)26-21-12-4-3-11-20(21)24/h3-15,26H,1-2H3,(H,25,27)/t14-,15+/m0/s1. The van der Waals surface area contributed by atoms with Crippen LogP contribution in [0.1, 0.15) is 35.7 Å². The maximum absolute atomic E-state index is 13.8. The number of para-hydroxylation sites is 2. The Balaban J connectivity index is 1.58. The highest BCUT2D eigenvalue weighted by Gasteiger charge is 2.31. The molecule has 0 aromatic heterocycles. The average Bonchev–Trinajstić information content (AvgIpc) is 3.04. The van der Waals surface area contributed by atoms with Crippen LogP contribution in [0.5, 0.6) is 5.75 Å². The van der Waals surface area contributed by atoms with Gasteiger partial charge in [0.2, 0.25) is 0 Å². The molecule has 1 amide bonds. The highest BCUT2D eigenvalue weighted by Crippen LogP contribution is 2.40. The van der Waals surface area contributed by atoms with Gasteiger partial charge in [-0.3, -0.25) is 9.52 Å². The number of nitrogens with one attached hydrogen (secondary N) is 2. The molecule has 3 aromatic carbocycles. The minimum Gasteiger partial charge on any atom is -0.489 e. The number of hydrogen-bond donors (Lipinski definition) is 2. The van der Waals surface area contributed by atoms with Gasteiger partial charge in [-0.2, -0.15) is 0 Å². The molecule has 4 rings (SSSR count). The molecule has 0 bridgehead atoms. The van der Waals surface area contributed by atoms with Gasteiger partial charge in [0, 0.05) is 17.2 Å². The van der Waals surface area contributed by atoms with Crippen molar-refractivity contribution in [3.63, 3.8) is 0 Å². The van der Waals surface area contributed by atoms with E-state index in [1.807, 2.05) is 19.9 Å². The predicted molar refractivity (Wildman–Crippen MR) is 117 cm³/mol. The molecule has 3 aromatic rings. The van der Waals surface area contributed by atoms with Crippen LogP contribution in [0.2, 0.25) is 0 Å². The van der Waals surface area contributed by atoms with Gasteiger partial charge in [-0.1, -0.05) is 37.3 Å². The second-order valence-corrected chi connectivity index (χ2v) is 9.09. The van der Waals surface area contributed by atoms with Gasteiger partial charge >= 0.3 is 0 Å². The van der Waals surface area contributed by atoms with E-state index in [1.165, 1.54) is 36.4 Å². The molecule has 1 aliphatic rings. The highest BCUT2D eigenvalue weighted by atomic mass is 32.2. The summed E-state index contributed by atoms with van der Waals surface area (Å²) in [4.78, 5) is 12.8. The molecule has 0 saturated carbocycles. The molecule has 1 heterocycles. The molecule has 0 spiro atoms. The second kappa shape index (κ2) is 8.03. The molecule has 31 heavy (non-hydrogen) atoms. The molecule has 0 saturated heterocycles. The minimum absolute atomic E-state index is 0.0399. The number of ether oxygens (including phenoxy) is 1. The molecular formula is C23H21FN2O4S. The molecule has 8 heteroatoms. The second-order valence-electron chi connectivity index (χ2n) is 7.40. The smallest absolute Gasteiger partial charge is 0.262 e. The van der Waals surface area contributed by atoms with Gasteiger partial charge in [-0.15, -0.1) is 0 Å². The van der Waals surface area contributed by atoms with Crippen LogP contribution in [0.15, 0.2) is 71.6 Å². The summed E-state index contributed by atoms with van der Waals surface area (Å²) in [5, 5.41) is 2.72. The summed E-state index contributed by atoms with van der Waals surface area (Å²) in [6.07, 6.45) is -0.0399. The number of anilines is 2. The monoisotopic (exact) mass is 440 g/mol. The Morgan fingerprint density at radius 2 is 1.74 bits per heavy atom. The topological polar surface area (TPSA) is 84.5 Å². The number of amides is 1. The number of carbonyl (C=O) groups is 1. The summed E-state index contributed by atoms with van der Waals surface area (Å²) >= 11 is 0. The fourth-order valence-corrected chi connectivity index (χ4v) is 4.56. The summed E-state index contributed by atoms with van der Waals surface area (Å²) in [7, 11) is -4.05. The Labute approximate surface area is 180 Å². The van der Waals surface area contributed by atoms with Gasteiger partial charge in [0.25, 0.3) is 15.9 Å². The van der Waals surface area contributed by atoms with Gasteiger partial charge in [-0.05, 0) is 43.3 Å². The number of halogens is 1. The van der Waals surface area contributed by atoms with E-state index in [4.69, 9.17) is 4.74 Å². The number of rotatable bonds is 5. The maximum Gasteiger partial charge on any atom is 0.262 e. The van der Waals surface area contributed by atoms with Crippen LogP contribution >= 0.6 is 0 Å². The molecule has 0 aliphatic carbocycles. The zero-order valence-electron chi connectivity index (χ0n) is 16.9. The third-order valence-electron chi connectivity index (χ3n) is 5.31. The van der Waals surface area contributed by atoms with Gasteiger partial charge in [0.15, 0.2) is 0 Å². The van der Waals surface area contributed by atoms with Crippen molar-refractivity contribution in [3.05, 3.63) is 83.7 Å². The molecule has 2 atom stereocenters. The lowest BCUT2D eigenvalue weighted by Crippen LogP contribution is -2.16. The first-order valence-corrected chi connectivity index (χ1v) is 11.2. The first kappa shape index (κ1) is 20.9. The zero-order valence-corrected chi connectivity index (χ0v) is 17.7. The molecule has 0 fully saturated rings. The van der Waals surface area contributed by atoms with E-state index < -0.39 is 21.7 Å². The molecular weight excluding hydrogens is 419 g/mol. The first-order valence-electron chi connectivity index (χ1n) is 9.74. The minimum atomic E-state index is -4.05. The van der Waals surface area contributed by atoms with E-state index in [1.54, 1.807) is 18.2 Å². The molecule has 160 valence electrons. The number of carbonyl (C=O) groups excluding carboxylic acids is 1. The van der Waals surface area contributed by atoms with E-state index in [-0.39, 0.29) is 28.3 Å². The van der Waals surface area contributed by atoms with E-state index in [0.717, 1.165) is 11.6 Å². The lowest BCUT2D eigenvalue weighted by Gasteiger charge is -2.12. The molecule has 0 radical (unpaired) electrons. The number of benzene rings is 3. The Hall–Kier alpha value is -3.39. The van der Waals surface area contributed by atoms with E-state index in [0.29, 0.717) is 11.3 Å². The van der Waals surface area contributed by atoms with E-state index >= 15 is 0 Å². The van der Waals surface area contributed by atoms with Crippen LogP contribution in [0.25, 0.3) is 0 Å². The van der Waals surface area contributed by atoms with Crippen molar-refractivity contribution < 1.29 is 22.3 Å². The lowest BCUT2D eigenvalue weighted by molar-refractivity contribution is 0.102. The maximum atomic E-state index is 13.8. The normalized spacial score (nSPS) is 17.5. The fraction of sp³-hybridized carbons (Fsp3) is 0.174. The molecule has 1 aliphatic heterocycles. The molecule has 6 nitrogen and oxygen atoms in total. The average molecular weight is 440 g/mol. The Kier molecular flexibility index (Phi) is 5.41. The van der Waals surface area contributed by atoms with Crippen molar-refractivity contribution in [2.75, 3.05) is 10.0 Å². The van der Waals surface area contributed by atoms with Crippen molar-refractivity contribution in [2.45, 2.75) is 30.8 Å². The summed E-state index contributed by atoms with van der Waals surface area (Å²) in [6.45, 7) is 3.98. The Bertz CT molecular complexity index is 1260. The van der Waals surface area contributed by atoms with Crippen LogP contribution in [0.3, 0.4) is 0 Å². The van der Waals surface area contributed by atoms with Crippen LogP contribution in [0.4, 0.5) is 15.8 Å².